The van der Waals surface area contributed by atoms with Crippen LogP contribution in [0.3, 0.4) is 0 Å². The summed E-state index contributed by atoms with van der Waals surface area (Å²) in [4.78, 5) is 19.9. The Bertz CT molecular complexity index is 1400. The molecule has 3 aromatic carbocycles. The van der Waals surface area contributed by atoms with Crippen LogP contribution >= 0.6 is 27.7 Å². The summed E-state index contributed by atoms with van der Waals surface area (Å²) in [5.74, 6) is -0.868. The van der Waals surface area contributed by atoms with Gasteiger partial charge in [-0.05, 0) is 30.3 Å². The van der Waals surface area contributed by atoms with Crippen LogP contribution in [-0.4, -0.2) is 30.0 Å². The zero-order valence-corrected chi connectivity index (χ0v) is 20.2. The van der Waals surface area contributed by atoms with Crippen molar-refractivity contribution in [3.63, 3.8) is 0 Å². The Hall–Kier alpha value is -2.95. The van der Waals surface area contributed by atoms with Gasteiger partial charge in [-0.25, -0.2) is 17.8 Å². The lowest BCUT2D eigenvalue weighted by molar-refractivity contribution is -0.113. The number of nitrogens with one attached hydrogen (secondary N) is 2. The Morgan fingerprint density at radius 1 is 1.03 bits per heavy atom. The van der Waals surface area contributed by atoms with Crippen LogP contribution in [-0.2, 0) is 14.6 Å². The van der Waals surface area contributed by atoms with Gasteiger partial charge in [0.05, 0.1) is 16.3 Å². The van der Waals surface area contributed by atoms with E-state index in [9.17, 15) is 17.6 Å². The third-order valence-electron chi connectivity index (χ3n) is 4.55. The molecule has 168 valence electrons. The molecule has 10 heteroatoms. The highest BCUT2D eigenvalue weighted by atomic mass is 79.9. The Balaban J connectivity index is 1.62. The highest BCUT2D eigenvalue weighted by Crippen LogP contribution is 2.32. The van der Waals surface area contributed by atoms with E-state index in [1.54, 1.807) is 36.4 Å². The third-order valence-corrected chi connectivity index (χ3v) is 7.88. The predicted molar refractivity (Wildman–Crippen MR) is 129 cm³/mol. The average molecular weight is 546 g/mol. The number of imidazole rings is 1. The second kappa shape index (κ2) is 9.90. The van der Waals surface area contributed by atoms with Crippen LogP contribution in [0.2, 0.25) is 0 Å². The standard InChI is InChI=1S/C23H17BrFN3O3S2/c24-16-11-12-19(18(25)13-16)26-20(29)14-32-22-23(33(30,31)17-9-5-2-6-10-17)28-21(27-22)15-7-3-1-4-8-15/h1-13H,14H2,(H,26,29)(H,27,28). The number of hydrogen-bond acceptors (Lipinski definition) is 5. The predicted octanol–water partition coefficient (Wildman–Crippen LogP) is 5.54. The lowest BCUT2D eigenvalue weighted by atomic mass is 10.2. The van der Waals surface area contributed by atoms with E-state index < -0.39 is 21.6 Å². The van der Waals surface area contributed by atoms with Crippen LogP contribution in [0.1, 0.15) is 0 Å². The largest absolute Gasteiger partial charge is 0.328 e. The van der Waals surface area contributed by atoms with E-state index in [0.717, 1.165) is 11.8 Å². The number of rotatable bonds is 7. The maximum Gasteiger partial charge on any atom is 0.234 e. The minimum Gasteiger partial charge on any atom is -0.328 e. The average Bonchev–Trinajstić information content (AvgIpc) is 3.26. The van der Waals surface area contributed by atoms with E-state index in [2.05, 4.69) is 31.2 Å². The lowest BCUT2D eigenvalue weighted by Crippen LogP contribution is -2.15. The van der Waals surface area contributed by atoms with E-state index in [0.29, 0.717) is 15.9 Å². The van der Waals surface area contributed by atoms with Crippen molar-refractivity contribution in [2.75, 3.05) is 11.1 Å². The van der Waals surface area contributed by atoms with Gasteiger partial charge in [0.25, 0.3) is 0 Å². The topological polar surface area (TPSA) is 91.9 Å². The van der Waals surface area contributed by atoms with Gasteiger partial charge in [0.15, 0.2) is 5.03 Å². The number of carbonyl (C=O) groups is 1. The van der Waals surface area contributed by atoms with Crippen molar-refractivity contribution in [2.45, 2.75) is 14.9 Å². The summed E-state index contributed by atoms with van der Waals surface area (Å²) < 4.78 is 41.1. The monoisotopic (exact) mass is 545 g/mol. The van der Waals surface area contributed by atoms with Gasteiger partial charge >= 0.3 is 0 Å². The number of sulfone groups is 1. The smallest absolute Gasteiger partial charge is 0.234 e. The molecule has 33 heavy (non-hydrogen) atoms. The Labute approximate surface area is 202 Å². The number of thioether (sulfide) groups is 1. The van der Waals surface area contributed by atoms with Crippen molar-refractivity contribution < 1.29 is 17.6 Å². The number of anilines is 1. The number of benzene rings is 3. The first kappa shape index (κ1) is 23.2. The number of H-pyrrole nitrogens is 1. The molecule has 1 heterocycles. The van der Waals surface area contributed by atoms with Gasteiger partial charge in [0, 0.05) is 10.0 Å². The SMILES string of the molecule is O=C(CSc1nc(-c2ccccc2)[nH]c1S(=O)(=O)c1ccccc1)Nc1ccc(Br)cc1F. The van der Waals surface area contributed by atoms with Gasteiger partial charge in [-0.3, -0.25) is 4.79 Å². The van der Waals surface area contributed by atoms with Gasteiger partial charge < -0.3 is 10.3 Å². The van der Waals surface area contributed by atoms with Crippen LogP contribution in [0.5, 0.6) is 0 Å². The Kier molecular flexibility index (Phi) is 6.96. The zero-order valence-electron chi connectivity index (χ0n) is 17.0. The molecule has 0 unspecified atom stereocenters. The number of amides is 1. The molecule has 0 radical (unpaired) electrons. The molecule has 6 nitrogen and oxygen atoms in total. The van der Waals surface area contributed by atoms with Gasteiger partial charge in [0.1, 0.15) is 16.7 Å². The summed E-state index contributed by atoms with van der Waals surface area (Å²) in [6.07, 6.45) is 0. The summed E-state index contributed by atoms with van der Waals surface area (Å²) in [6, 6.07) is 21.3. The van der Waals surface area contributed by atoms with E-state index in [-0.39, 0.29) is 26.4 Å². The van der Waals surface area contributed by atoms with Crippen LogP contribution in [0.4, 0.5) is 10.1 Å². The second-order valence-corrected chi connectivity index (χ2v) is 10.6. The number of aromatic nitrogens is 2. The highest BCUT2D eigenvalue weighted by Gasteiger charge is 2.26. The van der Waals surface area contributed by atoms with Gasteiger partial charge in [0.2, 0.25) is 15.7 Å². The minimum atomic E-state index is -3.91. The second-order valence-electron chi connectivity index (χ2n) is 6.86. The molecule has 0 aliphatic carbocycles. The fourth-order valence-electron chi connectivity index (χ4n) is 2.98. The van der Waals surface area contributed by atoms with Crippen molar-refractivity contribution in [3.05, 3.63) is 89.2 Å². The highest BCUT2D eigenvalue weighted by molar-refractivity contribution is 9.10. The number of hydrogen-bond donors (Lipinski definition) is 2. The molecule has 1 amide bonds. The molecule has 4 aromatic rings. The molecule has 4 rings (SSSR count). The molecule has 1 aromatic heterocycles. The van der Waals surface area contributed by atoms with Crippen molar-refractivity contribution in [2.24, 2.45) is 0 Å². The van der Waals surface area contributed by atoms with Gasteiger partial charge in [-0.1, -0.05) is 76.2 Å². The molecule has 0 spiro atoms. The summed E-state index contributed by atoms with van der Waals surface area (Å²) in [5.41, 5.74) is 0.739. The van der Waals surface area contributed by atoms with Crippen LogP contribution in [0, 0.1) is 5.82 Å². The lowest BCUT2D eigenvalue weighted by Gasteiger charge is -2.07. The molecule has 0 aliphatic rings. The molecule has 0 aliphatic heterocycles. The van der Waals surface area contributed by atoms with E-state index in [1.165, 1.54) is 24.3 Å². The van der Waals surface area contributed by atoms with E-state index in [1.807, 2.05) is 18.2 Å². The maximum atomic E-state index is 14.0. The van der Waals surface area contributed by atoms with Crippen molar-refractivity contribution in [3.8, 4) is 11.4 Å². The number of nitrogens with zero attached hydrogens (tertiary/aromatic N) is 1. The summed E-state index contributed by atoms with van der Waals surface area (Å²) >= 11 is 4.12. The first-order valence-corrected chi connectivity index (χ1v) is 12.9. The van der Waals surface area contributed by atoms with Crippen molar-refractivity contribution in [1.82, 2.24) is 9.97 Å². The first-order valence-electron chi connectivity index (χ1n) is 9.68. The minimum absolute atomic E-state index is 0.0351. The molecule has 0 bridgehead atoms. The molecule has 0 fully saturated rings. The number of carbonyl (C=O) groups excluding carboxylic acids is 1. The van der Waals surface area contributed by atoms with Crippen LogP contribution < -0.4 is 5.32 Å². The molecular weight excluding hydrogens is 529 g/mol. The quantitative estimate of drug-likeness (QED) is 0.297. The normalized spacial score (nSPS) is 11.3. The first-order chi connectivity index (χ1) is 15.8. The summed E-state index contributed by atoms with van der Waals surface area (Å²) in [6.45, 7) is 0. The van der Waals surface area contributed by atoms with Crippen LogP contribution in [0.25, 0.3) is 11.4 Å². The molecule has 0 atom stereocenters. The van der Waals surface area contributed by atoms with E-state index in [4.69, 9.17) is 0 Å². The summed E-state index contributed by atoms with van der Waals surface area (Å²) in [5, 5.41) is 2.55. The summed E-state index contributed by atoms with van der Waals surface area (Å²) in [7, 11) is -3.91. The van der Waals surface area contributed by atoms with Crippen molar-refractivity contribution in [1.29, 1.82) is 0 Å². The fourth-order valence-corrected chi connectivity index (χ4v) is 5.76. The number of aromatic amines is 1. The molecule has 2 N–H and O–H groups in total. The molecule has 0 saturated heterocycles. The Morgan fingerprint density at radius 2 is 1.70 bits per heavy atom. The van der Waals surface area contributed by atoms with Gasteiger partial charge in [-0.15, -0.1) is 0 Å². The zero-order chi connectivity index (χ0) is 23.4. The van der Waals surface area contributed by atoms with Gasteiger partial charge in [-0.2, -0.15) is 0 Å². The van der Waals surface area contributed by atoms with E-state index >= 15 is 0 Å². The maximum absolute atomic E-state index is 14.0. The molecule has 0 saturated carbocycles. The van der Waals surface area contributed by atoms with Crippen molar-refractivity contribution >= 4 is 49.1 Å². The third kappa shape index (κ3) is 5.35. The number of halogens is 2. The molecular formula is C23H17BrFN3O3S2. The fraction of sp³-hybridized carbons (Fsp3) is 0.0435. The Morgan fingerprint density at radius 3 is 2.36 bits per heavy atom. The van der Waals surface area contributed by atoms with Crippen LogP contribution in [0.15, 0.2) is 98.3 Å².